The molecule has 1 rings (SSSR count). The van der Waals surface area contributed by atoms with Gasteiger partial charge in [-0.05, 0) is 10.9 Å². The molecule has 0 aromatic rings. The second-order valence-corrected chi connectivity index (χ2v) is 6.08. The zero-order valence-electron chi connectivity index (χ0n) is 5.44. The Labute approximate surface area is 69.1 Å². The molecule has 0 nitrogen and oxygen atoms in total. The van der Waals surface area contributed by atoms with Crippen molar-refractivity contribution in [2.45, 2.75) is 0 Å². The van der Waals surface area contributed by atoms with Gasteiger partial charge in [0.15, 0.2) is 0 Å². The first-order chi connectivity index (χ1) is 4.43. The first kappa shape index (κ1) is 8.09. The lowest BCUT2D eigenvalue weighted by molar-refractivity contribution is 1.35. The molecule has 0 aliphatic carbocycles. The fraction of sp³-hybridized carbons (Fsp3) is 1.00. The van der Waals surface area contributed by atoms with Crippen LogP contribution in [0.15, 0.2) is 0 Å². The molecular weight excluding hydrogens is 172 g/mol. The van der Waals surface area contributed by atoms with Gasteiger partial charge in [0.25, 0.3) is 0 Å². The second-order valence-electron chi connectivity index (χ2n) is 2.03. The summed E-state index contributed by atoms with van der Waals surface area (Å²) in [6.45, 7) is 0. The zero-order chi connectivity index (χ0) is 6.53. The van der Waals surface area contributed by atoms with Crippen LogP contribution < -0.4 is 0 Å². The van der Waals surface area contributed by atoms with E-state index in [1.54, 1.807) is 0 Å². The smallest absolute Gasteiger partial charge is 0.121 e. The summed E-state index contributed by atoms with van der Waals surface area (Å²) in [7, 11) is 0.703. The van der Waals surface area contributed by atoms with Crippen molar-refractivity contribution in [2.75, 3.05) is 34.6 Å². The minimum atomic E-state index is 0.703. The summed E-state index contributed by atoms with van der Waals surface area (Å²) in [5.41, 5.74) is 0. The molecule has 9 heavy (non-hydrogen) atoms. The van der Waals surface area contributed by atoms with Crippen LogP contribution in [-0.2, 0) is 10.9 Å². The minimum absolute atomic E-state index is 0.703. The van der Waals surface area contributed by atoms with E-state index in [-0.39, 0.29) is 0 Å². The van der Waals surface area contributed by atoms with Gasteiger partial charge in [-0.25, -0.2) is 0 Å². The summed E-state index contributed by atoms with van der Waals surface area (Å²) in [6.07, 6.45) is 0. The molecule has 0 unspecified atom stereocenters. The number of hydrogen-bond donors (Lipinski definition) is 0. The Hall–Kier alpha value is 0.990. The van der Waals surface area contributed by atoms with Crippen molar-refractivity contribution in [2.24, 2.45) is 0 Å². The van der Waals surface area contributed by atoms with Gasteiger partial charge in [0.2, 0.25) is 0 Å². The summed E-state index contributed by atoms with van der Waals surface area (Å²) < 4.78 is 0. The van der Waals surface area contributed by atoms with Gasteiger partial charge >= 0.3 is 0 Å². The molecule has 3 heteroatoms. The van der Waals surface area contributed by atoms with Crippen molar-refractivity contribution in [1.29, 1.82) is 0 Å². The van der Waals surface area contributed by atoms with Crippen LogP contribution in [-0.4, -0.2) is 34.6 Å². The lowest BCUT2D eigenvalue weighted by atomic mass is 10.9. The van der Waals surface area contributed by atoms with Crippen molar-refractivity contribution in [3.63, 3.8) is 0 Å². The van der Waals surface area contributed by atoms with Crippen LogP contribution in [0.2, 0.25) is 0 Å². The molecule has 1 aliphatic rings. The first-order valence-corrected chi connectivity index (χ1v) is 6.63. The minimum Gasteiger partial charge on any atom is -0.152 e. The average Bonchev–Trinajstić information content (AvgIpc) is 1.91. The maximum absolute atomic E-state index is 5.64. The molecule has 1 aliphatic heterocycles. The van der Waals surface area contributed by atoms with Gasteiger partial charge in [-0.2, -0.15) is 11.8 Å². The Balaban J connectivity index is 2.08. The molecule has 0 N–H and O–H groups in total. The number of thioether (sulfide) groups is 1. The first-order valence-electron chi connectivity index (χ1n) is 3.21. The lowest BCUT2D eigenvalue weighted by Crippen LogP contribution is -2.24. The van der Waals surface area contributed by atoms with Gasteiger partial charge in [0.05, 0.1) is 5.88 Å². The molecule has 0 saturated carbocycles. The molecule has 0 atom stereocenters. The third-order valence-electron chi connectivity index (χ3n) is 1.40. The number of hydrogen-bond acceptors (Lipinski definition) is 1. The van der Waals surface area contributed by atoms with E-state index in [0.29, 0.717) is 10.9 Å². The summed E-state index contributed by atoms with van der Waals surface area (Å²) >= 11 is 7.72. The average molecular weight is 184 g/mol. The highest BCUT2D eigenvalue weighted by Crippen LogP contribution is 2.13. The Morgan fingerprint density at radius 2 is 2.00 bits per heavy atom. The largest absolute Gasteiger partial charge is 0.152 e. The third-order valence-corrected chi connectivity index (χ3v) is 5.66. The van der Waals surface area contributed by atoms with E-state index in [0.717, 1.165) is 5.88 Å². The molecule has 0 aromatic heterocycles. The normalized spacial score (nSPS) is 22.3. The maximum Gasteiger partial charge on any atom is 0.121 e. The predicted octanol–water partition coefficient (Wildman–Crippen LogP) is 1.59. The van der Waals surface area contributed by atoms with E-state index >= 15 is 0 Å². The molecule has 54 valence electrons. The van der Waals surface area contributed by atoms with Crippen LogP contribution in [0.4, 0.5) is 0 Å². The fourth-order valence-electron chi connectivity index (χ4n) is 0.871. The van der Waals surface area contributed by atoms with Crippen LogP contribution >= 0.6 is 23.4 Å². The quantitative estimate of drug-likeness (QED) is 0.463. The van der Waals surface area contributed by atoms with E-state index in [1.807, 2.05) is 0 Å². The standard InChI is InChI=1S/C6H12ClS2/c7-1-4-9-5-2-8-3-6-9/h1-6H2/q+1. The second kappa shape index (κ2) is 4.75. The Morgan fingerprint density at radius 3 is 2.56 bits per heavy atom. The molecule has 0 radical (unpaired) electrons. The molecule has 0 amide bonds. The lowest BCUT2D eigenvalue weighted by Gasteiger charge is -2.11. The molecule has 0 aromatic carbocycles. The topological polar surface area (TPSA) is 0 Å². The van der Waals surface area contributed by atoms with Crippen LogP contribution in [0.3, 0.4) is 0 Å². The summed E-state index contributed by atoms with van der Waals surface area (Å²) in [5.74, 6) is 7.74. The van der Waals surface area contributed by atoms with Crippen LogP contribution in [0.25, 0.3) is 0 Å². The van der Waals surface area contributed by atoms with Crippen molar-refractivity contribution in [3.8, 4) is 0 Å². The van der Waals surface area contributed by atoms with E-state index in [9.17, 15) is 0 Å². The van der Waals surface area contributed by atoms with E-state index in [1.165, 1.54) is 28.8 Å². The highest BCUT2D eigenvalue weighted by atomic mass is 35.5. The number of halogens is 1. The van der Waals surface area contributed by atoms with Crippen molar-refractivity contribution >= 4 is 34.3 Å². The van der Waals surface area contributed by atoms with Gasteiger partial charge < -0.3 is 0 Å². The van der Waals surface area contributed by atoms with Crippen molar-refractivity contribution in [1.82, 2.24) is 0 Å². The van der Waals surface area contributed by atoms with Crippen molar-refractivity contribution < 1.29 is 0 Å². The highest BCUT2D eigenvalue weighted by Gasteiger charge is 2.20. The van der Waals surface area contributed by atoms with Crippen LogP contribution in [0, 0.1) is 0 Å². The maximum atomic E-state index is 5.64. The summed E-state index contributed by atoms with van der Waals surface area (Å²) in [5, 5.41) is 0. The SMILES string of the molecule is ClCC[S+]1CCSCC1. The van der Waals surface area contributed by atoms with Crippen LogP contribution in [0.1, 0.15) is 0 Å². The third kappa shape index (κ3) is 3.06. The summed E-state index contributed by atoms with van der Waals surface area (Å²) in [4.78, 5) is 0. The van der Waals surface area contributed by atoms with Crippen molar-refractivity contribution in [3.05, 3.63) is 0 Å². The molecular formula is C6H12ClS2+. The number of rotatable bonds is 2. The fourth-order valence-corrected chi connectivity index (χ4v) is 5.39. The molecule has 1 fully saturated rings. The van der Waals surface area contributed by atoms with E-state index < -0.39 is 0 Å². The molecule has 0 spiro atoms. The van der Waals surface area contributed by atoms with Crippen LogP contribution in [0.5, 0.6) is 0 Å². The Morgan fingerprint density at radius 1 is 1.33 bits per heavy atom. The van der Waals surface area contributed by atoms with Gasteiger partial charge in [0.1, 0.15) is 17.3 Å². The summed E-state index contributed by atoms with van der Waals surface area (Å²) in [6, 6.07) is 0. The molecule has 0 bridgehead atoms. The monoisotopic (exact) mass is 183 g/mol. The van der Waals surface area contributed by atoms with E-state index in [2.05, 4.69) is 11.8 Å². The van der Waals surface area contributed by atoms with E-state index in [4.69, 9.17) is 11.6 Å². The van der Waals surface area contributed by atoms with Gasteiger partial charge in [-0.1, -0.05) is 0 Å². The molecule has 1 heterocycles. The Kier molecular flexibility index (Phi) is 4.27. The predicted molar refractivity (Wildman–Crippen MR) is 50.0 cm³/mol. The van der Waals surface area contributed by atoms with Gasteiger partial charge in [-0.15, -0.1) is 11.6 Å². The molecule has 1 saturated heterocycles. The van der Waals surface area contributed by atoms with Gasteiger partial charge in [-0.3, -0.25) is 0 Å². The Bertz CT molecular complexity index is 68.7. The number of alkyl halides is 1. The highest BCUT2D eigenvalue weighted by molar-refractivity contribution is 8.05. The zero-order valence-corrected chi connectivity index (χ0v) is 7.83. The van der Waals surface area contributed by atoms with Gasteiger partial charge in [0, 0.05) is 11.5 Å².